The largest absolute Gasteiger partial charge is 0.504 e. The first-order valence-corrected chi connectivity index (χ1v) is 9.73. The van der Waals surface area contributed by atoms with Gasteiger partial charge in [0.05, 0.1) is 13.7 Å². The van der Waals surface area contributed by atoms with Gasteiger partial charge < -0.3 is 30.9 Å². The number of benzene rings is 2. The molecule has 0 saturated heterocycles. The van der Waals surface area contributed by atoms with Gasteiger partial charge in [-0.25, -0.2) is 4.79 Å². The predicted octanol–water partition coefficient (Wildman–Crippen LogP) is 0.447. The van der Waals surface area contributed by atoms with Gasteiger partial charge in [-0.15, -0.1) is 0 Å². The number of aliphatic carboxylic acids is 1. The molecule has 0 saturated carbocycles. The highest BCUT2D eigenvalue weighted by molar-refractivity contribution is 5.97. The van der Waals surface area contributed by atoms with Crippen molar-refractivity contribution in [2.24, 2.45) is 0 Å². The average molecular weight is 443 g/mol. The number of rotatable bonds is 10. The second-order valence-electron chi connectivity index (χ2n) is 6.95. The molecule has 0 unspecified atom stereocenters. The lowest BCUT2D eigenvalue weighted by atomic mass is 10.1. The highest BCUT2D eigenvalue weighted by atomic mass is 16.5. The number of hydrogen-bond donors (Lipinski definition) is 5. The Morgan fingerprint density at radius 3 is 2.34 bits per heavy atom. The van der Waals surface area contributed by atoms with Crippen LogP contribution in [0, 0.1) is 0 Å². The summed E-state index contributed by atoms with van der Waals surface area (Å²) < 4.78 is 4.93. The van der Waals surface area contributed by atoms with Gasteiger partial charge in [-0.1, -0.05) is 30.3 Å². The van der Waals surface area contributed by atoms with Crippen LogP contribution in [0.1, 0.15) is 22.8 Å². The highest BCUT2D eigenvalue weighted by Gasteiger charge is 2.24. The molecular formula is C22H25N3O7. The Labute approximate surface area is 184 Å². The summed E-state index contributed by atoms with van der Waals surface area (Å²) >= 11 is 0. The zero-order chi connectivity index (χ0) is 23.7. The molecule has 0 fully saturated rings. The van der Waals surface area contributed by atoms with Crippen LogP contribution in [0.2, 0.25) is 0 Å². The van der Waals surface area contributed by atoms with Crippen molar-refractivity contribution in [2.75, 3.05) is 13.7 Å². The number of carbonyl (C=O) groups excluding carboxylic acids is 3. The number of carboxylic acid groups (broad SMARTS) is 1. The number of aromatic hydroxyl groups is 1. The van der Waals surface area contributed by atoms with E-state index in [1.165, 1.54) is 32.2 Å². The van der Waals surface area contributed by atoms with Crippen LogP contribution >= 0.6 is 0 Å². The SMILES string of the molecule is COc1cc(C(=O)NCC(=O)N[C@@H](C)C(=O)N[C@@H](Cc2ccccc2)C(=O)O)ccc1O. The first-order chi connectivity index (χ1) is 15.2. The topological polar surface area (TPSA) is 154 Å². The van der Waals surface area contributed by atoms with Crippen LogP contribution in [0.3, 0.4) is 0 Å². The highest BCUT2D eigenvalue weighted by Crippen LogP contribution is 2.26. The Hall–Kier alpha value is -4.08. The van der Waals surface area contributed by atoms with Crippen molar-refractivity contribution in [3.05, 3.63) is 59.7 Å². The number of nitrogens with one attached hydrogen (secondary N) is 3. The second kappa shape index (κ2) is 11.3. The fourth-order valence-corrected chi connectivity index (χ4v) is 2.79. The van der Waals surface area contributed by atoms with Gasteiger partial charge >= 0.3 is 5.97 Å². The van der Waals surface area contributed by atoms with Crippen molar-refractivity contribution in [3.8, 4) is 11.5 Å². The normalized spacial score (nSPS) is 12.2. The van der Waals surface area contributed by atoms with Gasteiger partial charge in [-0.05, 0) is 30.7 Å². The molecule has 10 heteroatoms. The number of amides is 3. The molecule has 0 aliphatic heterocycles. The van der Waals surface area contributed by atoms with E-state index in [2.05, 4.69) is 16.0 Å². The molecule has 0 radical (unpaired) electrons. The Morgan fingerprint density at radius 1 is 1.03 bits per heavy atom. The molecule has 2 rings (SSSR count). The average Bonchev–Trinajstić information content (AvgIpc) is 2.77. The van der Waals surface area contributed by atoms with E-state index < -0.39 is 42.3 Å². The van der Waals surface area contributed by atoms with E-state index in [-0.39, 0.29) is 23.5 Å². The lowest BCUT2D eigenvalue weighted by molar-refractivity contribution is -0.142. The molecule has 0 aromatic heterocycles. The lowest BCUT2D eigenvalue weighted by Gasteiger charge is -2.19. The van der Waals surface area contributed by atoms with E-state index in [4.69, 9.17) is 4.74 Å². The van der Waals surface area contributed by atoms with Gasteiger partial charge in [-0.2, -0.15) is 0 Å². The third-order valence-electron chi connectivity index (χ3n) is 4.52. The third-order valence-corrected chi connectivity index (χ3v) is 4.52. The maximum Gasteiger partial charge on any atom is 0.326 e. The molecule has 32 heavy (non-hydrogen) atoms. The summed E-state index contributed by atoms with van der Waals surface area (Å²) in [5, 5.41) is 26.1. The quantitative estimate of drug-likeness (QED) is 0.357. The smallest absolute Gasteiger partial charge is 0.326 e. The summed E-state index contributed by atoms with van der Waals surface area (Å²) in [6.07, 6.45) is 0.0920. The van der Waals surface area contributed by atoms with Gasteiger partial charge in [0, 0.05) is 12.0 Å². The van der Waals surface area contributed by atoms with Gasteiger partial charge in [0.2, 0.25) is 11.8 Å². The van der Waals surface area contributed by atoms with Crippen molar-refractivity contribution in [2.45, 2.75) is 25.4 Å². The van der Waals surface area contributed by atoms with Crippen LogP contribution in [0.4, 0.5) is 0 Å². The summed E-state index contributed by atoms with van der Waals surface area (Å²) in [7, 11) is 1.34. The number of hydrogen-bond acceptors (Lipinski definition) is 6. The van der Waals surface area contributed by atoms with Crippen molar-refractivity contribution in [1.82, 2.24) is 16.0 Å². The summed E-state index contributed by atoms with van der Waals surface area (Å²) in [6, 6.07) is 10.6. The van der Waals surface area contributed by atoms with Crippen LogP contribution in [0.15, 0.2) is 48.5 Å². The Morgan fingerprint density at radius 2 is 1.72 bits per heavy atom. The van der Waals surface area contributed by atoms with E-state index in [1.54, 1.807) is 30.3 Å². The monoisotopic (exact) mass is 443 g/mol. The summed E-state index contributed by atoms with van der Waals surface area (Å²) in [4.78, 5) is 48.1. The predicted molar refractivity (Wildman–Crippen MR) is 114 cm³/mol. The number of phenols is 1. The number of methoxy groups -OCH3 is 1. The number of ether oxygens (including phenoxy) is 1. The molecule has 0 aliphatic carbocycles. The number of carbonyl (C=O) groups is 4. The Balaban J connectivity index is 1.86. The van der Waals surface area contributed by atoms with E-state index >= 15 is 0 Å². The van der Waals surface area contributed by atoms with Gasteiger partial charge in [0.25, 0.3) is 5.91 Å². The Kier molecular flexibility index (Phi) is 8.58. The number of phenolic OH excluding ortho intramolecular Hbond substituents is 1. The minimum atomic E-state index is -1.20. The van der Waals surface area contributed by atoms with Gasteiger partial charge in [0.1, 0.15) is 12.1 Å². The molecular weight excluding hydrogens is 418 g/mol. The van der Waals surface area contributed by atoms with Crippen molar-refractivity contribution in [3.63, 3.8) is 0 Å². The van der Waals surface area contributed by atoms with Crippen LogP contribution < -0.4 is 20.7 Å². The first-order valence-electron chi connectivity index (χ1n) is 9.73. The molecule has 10 nitrogen and oxygen atoms in total. The summed E-state index contributed by atoms with van der Waals surface area (Å²) in [6.45, 7) is 0.993. The van der Waals surface area contributed by atoms with Crippen molar-refractivity contribution >= 4 is 23.7 Å². The molecule has 5 N–H and O–H groups in total. The van der Waals surface area contributed by atoms with E-state index in [9.17, 15) is 29.4 Å². The van der Waals surface area contributed by atoms with Crippen LogP contribution in [0.5, 0.6) is 11.5 Å². The van der Waals surface area contributed by atoms with E-state index in [1.807, 2.05) is 0 Å². The standard InChI is InChI=1S/C22H25N3O7/c1-13(20(28)25-16(22(30)31)10-14-6-4-3-5-7-14)24-19(27)12-23-21(29)15-8-9-17(26)18(11-15)32-2/h3-9,11,13,16,26H,10,12H2,1-2H3,(H,23,29)(H,24,27)(H,25,28)(H,30,31)/t13-,16-/m0/s1. The zero-order valence-corrected chi connectivity index (χ0v) is 17.6. The summed E-state index contributed by atoms with van der Waals surface area (Å²) in [5.74, 6) is -3.11. The first kappa shape index (κ1) is 24.2. The molecule has 0 heterocycles. The molecule has 2 atom stereocenters. The molecule has 0 bridgehead atoms. The van der Waals surface area contributed by atoms with Crippen LogP contribution in [-0.4, -0.2) is 59.6 Å². The van der Waals surface area contributed by atoms with Crippen molar-refractivity contribution < 1.29 is 34.1 Å². The molecule has 2 aromatic rings. The molecule has 0 aliphatic rings. The maximum atomic E-state index is 12.3. The fourth-order valence-electron chi connectivity index (χ4n) is 2.79. The van der Waals surface area contributed by atoms with E-state index in [0.29, 0.717) is 0 Å². The van der Waals surface area contributed by atoms with Crippen molar-refractivity contribution in [1.29, 1.82) is 0 Å². The fraction of sp³-hybridized carbons (Fsp3) is 0.273. The van der Waals surface area contributed by atoms with Gasteiger partial charge in [-0.3, -0.25) is 14.4 Å². The molecule has 0 spiro atoms. The van der Waals surface area contributed by atoms with E-state index in [0.717, 1.165) is 5.56 Å². The molecule has 2 aromatic carbocycles. The minimum Gasteiger partial charge on any atom is -0.504 e. The lowest BCUT2D eigenvalue weighted by Crippen LogP contribution is -2.52. The third kappa shape index (κ3) is 7.01. The number of carboxylic acids is 1. The maximum absolute atomic E-state index is 12.3. The van der Waals surface area contributed by atoms with Gasteiger partial charge in [0.15, 0.2) is 11.5 Å². The minimum absolute atomic E-state index is 0.0920. The molecule has 3 amide bonds. The van der Waals surface area contributed by atoms with Crippen LogP contribution in [-0.2, 0) is 20.8 Å². The summed E-state index contributed by atoms with van der Waals surface area (Å²) in [5.41, 5.74) is 0.911. The zero-order valence-electron chi connectivity index (χ0n) is 17.6. The molecule has 170 valence electrons. The Bertz CT molecular complexity index is 979. The second-order valence-corrected chi connectivity index (χ2v) is 6.95. The van der Waals surface area contributed by atoms with Crippen LogP contribution in [0.25, 0.3) is 0 Å².